The lowest BCUT2D eigenvalue weighted by Gasteiger charge is -1.97. The molecular formula is C13H14O3. The van der Waals surface area contributed by atoms with Crippen LogP contribution in [0, 0.1) is 6.92 Å². The number of rotatable bonds is 0. The number of hydrogen-bond donors (Lipinski definition) is 3. The molecule has 0 fully saturated rings. The van der Waals surface area contributed by atoms with Gasteiger partial charge in [-0.3, -0.25) is 0 Å². The Bertz CT molecular complexity index is 418. The Hall–Kier alpha value is -2.16. The summed E-state index contributed by atoms with van der Waals surface area (Å²) in [5.41, 5.74) is 0.690. The first-order chi connectivity index (χ1) is 7.61. The normalized spacial score (nSPS) is 9.06. The lowest BCUT2D eigenvalue weighted by atomic mass is 10.2. The van der Waals surface area contributed by atoms with E-state index in [0.29, 0.717) is 11.3 Å². The standard InChI is InChI=1S/C7H8O2.C6H6O/c1-5-3-2-4-6(8)7(5)9;7-6-4-2-1-3-5-6/h2-4,8-9H,1H3;1-5,7H. The van der Waals surface area contributed by atoms with Gasteiger partial charge in [-0.05, 0) is 30.7 Å². The average Bonchev–Trinajstić information content (AvgIpc) is 2.28. The second-order valence-corrected chi connectivity index (χ2v) is 3.28. The highest BCUT2D eigenvalue weighted by atomic mass is 16.3. The van der Waals surface area contributed by atoms with E-state index in [-0.39, 0.29) is 11.5 Å². The molecule has 0 radical (unpaired) electrons. The number of phenols is 3. The van der Waals surface area contributed by atoms with Gasteiger partial charge in [-0.25, -0.2) is 0 Å². The topological polar surface area (TPSA) is 60.7 Å². The predicted octanol–water partition coefficient (Wildman–Crippen LogP) is 2.80. The summed E-state index contributed by atoms with van der Waals surface area (Å²) in [5, 5.41) is 26.4. The van der Waals surface area contributed by atoms with Crippen molar-refractivity contribution in [3.63, 3.8) is 0 Å². The third-order valence-corrected chi connectivity index (χ3v) is 1.97. The number of aryl methyl sites for hydroxylation is 1. The molecule has 3 heteroatoms. The fraction of sp³-hybridized carbons (Fsp3) is 0.0769. The zero-order valence-corrected chi connectivity index (χ0v) is 8.96. The molecule has 3 N–H and O–H groups in total. The number of hydrogen-bond acceptors (Lipinski definition) is 3. The lowest BCUT2D eigenvalue weighted by molar-refractivity contribution is 0.401. The highest BCUT2D eigenvalue weighted by Crippen LogP contribution is 2.26. The van der Waals surface area contributed by atoms with E-state index in [1.807, 2.05) is 6.07 Å². The van der Waals surface area contributed by atoms with Crippen molar-refractivity contribution in [1.82, 2.24) is 0 Å². The maximum absolute atomic E-state index is 8.96. The largest absolute Gasteiger partial charge is 0.508 e. The van der Waals surface area contributed by atoms with E-state index in [1.165, 1.54) is 6.07 Å². The fourth-order valence-electron chi connectivity index (χ4n) is 1.07. The van der Waals surface area contributed by atoms with Crippen molar-refractivity contribution in [3.8, 4) is 17.2 Å². The van der Waals surface area contributed by atoms with E-state index in [1.54, 1.807) is 43.3 Å². The van der Waals surface area contributed by atoms with Gasteiger partial charge in [0.25, 0.3) is 0 Å². The van der Waals surface area contributed by atoms with Crippen LogP contribution >= 0.6 is 0 Å². The van der Waals surface area contributed by atoms with E-state index >= 15 is 0 Å². The maximum Gasteiger partial charge on any atom is 0.160 e. The summed E-state index contributed by atoms with van der Waals surface area (Å²) in [4.78, 5) is 0. The minimum absolute atomic E-state index is 0.0301. The van der Waals surface area contributed by atoms with E-state index in [9.17, 15) is 0 Å². The van der Waals surface area contributed by atoms with Crippen LogP contribution in [0.3, 0.4) is 0 Å². The molecule has 0 atom stereocenters. The highest BCUT2D eigenvalue weighted by molar-refractivity contribution is 5.43. The van der Waals surface area contributed by atoms with Gasteiger partial charge in [0.1, 0.15) is 5.75 Å². The van der Waals surface area contributed by atoms with Crippen LogP contribution < -0.4 is 0 Å². The van der Waals surface area contributed by atoms with Crippen LogP contribution in [0.2, 0.25) is 0 Å². The number of aromatic hydroxyl groups is 3. The van der Waals surface area contributed by atoms with Crippen molar-refractivity contribution in [2.75, 3.05) is 0 Å². The van der Waals surface area contributed by atoms with Crippen LogP contribution in [0.5, 0.6) is 17.2 Å². The second-order valence-electron chi connectivity index (χ2n) is 3.28. The molecule has 3 nitrogen and oxygen atoms in total. The van der Waals surface area contributed by atoms with Crippen molar-refractivity contribution in [2.45, 2.75) is 6.92 Å². The summed E-state index contributed by atoms with van der Waals surface area (Å²) < 4.78 is 0. The van der Waals surface area contributed by atoms with Gasteiger partial charge in [0.05, 0.1) is 0 Å². The van der Waals surface area contributed by atoms with E-state index in [0.717, 1.165) is 0 Å². The van der Waals surface area contributed by atoms with Crippen LogP contribution in [0.15, 0.2) is 48.5 Å². The SMILES string of the molecule is Cc1cccc(O)c1O.Oc1ccccc1. The molecule has 84 valence electrons. The molecule has 0 unspecified atom stereocenters. The quantitative estimate of drug-likeness (QED) is 0.596. The van der Waals surface area contributed by atoms with Crippen molar-refractivity contribution in [2.24, 2.45) is 0 Å². The molecule has 2 aromatic carbocycles. The Morgan fingerprint density at radius 1 is 0.750 bits per heavy atom. The van der Waals surface area contributed by atoms with Gasteiger partial charge < -0.3 is 15.3 Å². The summed E-state index contributed by atoms with van der Waals surface area (Å²) in [7, 11) is 0. The monoisotopic (exact) mass is 218 g/mol. The summed E-state index contributed by atoms with van der Waals surface area (Å²) in [6.07, 6.45) is 0. The van der Waals surface area contributed by atoms with Gasteiger partial charge in [0, 0.05) is 0 Å². The van der Waals surface area contributed by atoms with Gasteiger partial charge in [0.2, 0.25) is 0 Å². The third kappa shape index (κ3) is 3.53. The summed E-state index contributed by atoms with van der Waals surface area (Å²) in [6, 6.07) is 13.6. The van der Waals surface area contributed by atoms with Gasteiger partial charge in [-0.15, -0.1) is 0 Å². The molecule has 0 bridgehead atoms. The first-order valence-corrected chi connectivity index (χ1v) is 4.83. The summed E-state index contributed by atoms with van der Waals surface area (Å²) in [6.45, 7) is 1.73. The maximum atomic E-state index is 8.96. The van der Waals surface area contributed by atoms with Gasteiger partial charge in [-0.1, -0.05) is 30.3 Å². The van der Waals surface area contributed by atoms with Crippen molar-refractivity contribution in [3.05, 3.63) is 54.1 Å². The molecule has 2 rings (SSSR count). The Morgan fingerprint density at radius 2 is 1.38 bits per heavy atom. The molecular weight excluding hydrogens is 204 g/mol. The van der Waals surface area contributed by atoms with Crippen molar-refractivity contribution in [1.29, 1.82) is 0 Å². The summed E-state index contributed by atoms with van der Waals surface area (Å²) in [5.74, 6) is 0.231. The van der Waals surface area contributed by atoms with Crippen molar-refractivity contribution < 1.29 is 15.3 Å². The molecule has 2 aromatic rings. The molecule has 0 heterocycles. The molecule has 0 aliphatic carbocycles. The Morgan fingerprint density at radius 3 is 1.75 bits per heavy atom. The molecule has 0 aromatic heterocycles. The Balaban J connectivity index is 0.000000165. The van der Waals surface area contributed by atoms with Gasteiger partial charge in [-0.2, -0.15) is 0 Å². The minimum Gasteiger partial charge on any atom is -0.508 e. The second kappa shape index (κ2) is 5.66. The first-order valence-electron chi connectivity index (χ1n) is 4.83. The zero-order chi connectivity index (χ0) is 12.0. The van der Waals surface area contributed by atoms with Gasteiger partial charge >= 0.3 is 0 Å². The predicted molar refractivity (Wildman–Crippen MR) is 62.6 cm³/mol. The number of benzene rings is 2. The zero-order valence-electron chi connectivity index (χ0n) is 8.96. The molecule has 16 heavy (non-hydrogen) atoms. The molecule has 0 saturated heterocycles. The molecule has 0 spiro atoms. The highest BCUT2D eigenvalue weighted by Gasteiger charge is 1.98. The van der Waals surface area contributed by atoms with Crippen LogP contribution in [0.1, 0.15) is 5.56 Å². The fourth-order valence-corrected chi connectivity index (χ4v) is 1.07. The van der Waals surface area contributed by atoms with E-state index in [4.69, 9.17) is 15.3 Å². The molecule has 0 aliphatic heterocycles. The number of para-hydroxylation sites is 2. The van der Waals surface area contributed by atoms with E-state index < -0.39 is 0 Å². The van der Waals surface area contributed by atoms with Crippen LogP contribution in [-0.2, 0) is 0 Å². The first kappa shape index (κ1) is 11.9. The smallest absolute Gasteiger partial charge is 0.160 e. The van der Waals surface area contributed by atoms with E-state index in [2.05, 4.69) is 0 Å². The summed E-state index contributed by atoms with van der Waals surface area (Å²) >= 11 is 0. The van der Waals surface area contributed by atoms with Crippen LogP contribution in [-0.4, -0.2) is 15.3 Å². The lowest BCUT2D eigenvalue weighted by Crippen LogP contribution is -1.72. The average molecular weight is 218 g/mol. The molecule has 0 amide bonds. The third-order valence-electron chi connectivity index (χ3n) is 1.97. The number of phenolic OH excluding ortho intramolecular Hbond substituents is 3. The molecule has 0 aliphatic rings. The molecule has 0 saturated carbocycles. The Kier molecular flexibility index (Phi) is 4.21. The van der Waals surface area contributed by atoms with Crippen LogP contribution in [0.25, 0.3) is 0 Å². The van der Waals surface area contributed by atoms with Gasteiger partial charge in [0.15, 0.2) is 11.5 Å². The van der Waals surface area contributed by atoms with Crippen LogP contribution in [0.4, 0.5) is 0 Å². The Labute approximate surface area is 94.2 Å². The minimum atomic E-state index is -0.0602. The van der Waals surface area contributed by atoms with Crippen molar-refractivity contribution >= 4 is 0 Å².